The van der Waals surface area contributed by atoms with Crippen LogP contribution in [0, 0.1) is 41.1 Å². The monoisotopic (exact) mass is 436 g/mol. The fourth-order valence-electron chi connectivity index (χ4n) is 6.07. The van der Waals surface area contributed by atoms with Crippen LogP contribution in [0.25, 0.3) is 0 Å². The van der Waals surface area contributed by atoms with Gasteiger partial charge in [0, 0.05) is 0 Å². The van der Waals surface area contributed by atoms with Crippen molar-refractivity contribution in [2.45, 2.75) is 116 Å². The number of halogens is 3. The Labute approximate surface area is 188 Å². The molecule has 0 amide bonds. The summed E-state index contributed by atoms with van der Waals surface area (Å²) >= 11 is 0. The summed E-state index contributed by atoms with van der Waals surface area (Å²) in [7, 11) is 0. The van der Waals surface area contributed by atoms with Gasteiger partial charge in [-0.2, -0.15) is 0 Å². The van der Waals surface area contributed by atoms with Gasteiger partial charge in [0.25, 0.3) is 0 Å². The average Bonchev–Trinajstić information content (AvgIpc) is 2.79. The minimum absolute atomic E-state index is 0.583. The molecular formula is C28H43F3. The van der Waals surface area contributed by atoms with E-state index in [-0.39, 0.29) is 0 Å². The molecule has 1 aromatic carbocycles. The first-order chi connectivity index (χ1) is 15.0. The quantitative estimate of drug-likeness (QED) is 0.239. The minimum Gasteiger partial charge on any atom is -0.204 e. The summed E-state index contributed by atoms with van der Waals surface area (Å²) in [6.07, 6.45) is 22.4. The maximum atomic E-state index is 13.4. The second-order valence-electron chi connectivity index (χ2n) is 10.6. The van der Waals surface area contributed by atoms with Crippen LogP contribution in [-0.2, 0) is 6.42 Å². The molecule has 0 aliphatic heterocycles. The normalized spacial score (nSPS) is 26.8. The summed E-state index contributed by atoms with van der Waals surface area (Å²) in [4.78, 5) is 0. The van der Waals surface area contributed by atoms with Gasteiger partial charge >= 0.3 is 0 Å². The molecule has 0 aromatic heterocycles. The standard InChI is InChI=1S/C28H43F3/c1-2-3-4-5-6-21-7-9-22(10-8-21)11-12-23-13-15-24(16-14-23)17-18-25-19-26(29)28(31)27(30)20-25/h19-24H,2-18H2,1H3/t21-,22-,23?,24?. The van der Waals surface area contributed by atoms with Crippen LogP contribution in [0.4, 0.5) is 13.2 Å². The third-order valence-electron chi connectivity index (χ3n) is 8.27. The van der Waals surface area contributed by atoms with Crippen molar-refractivity contribution in [3.05, 3.63) is 35.1 Å². The van der Waals surface area contributed by atoms with Crippen LogP contribution < -0.4 is 0 Å². The van der Waals surface area contributed by atoms with Gasteiger partial charge < -0.3 is 0 Å². The number of aryl methyl sites for hydroxylation is 1. The first kappa shape index (κ1) is 24.6. The molecule has 0 N–H and O–H groups in total. The summed E-state index contributed by atoms with van der Waals surface area (Å²) < 4.78 is 39.9. The molecule has 2 aliphatic carbocycles. The lowest BCUT2D eigenvalue weighted by Crippen LogP contribution is -2.18. The summed E-state index contributed by atoms with van der Waals surface area (Å²) in [5.41, 5.74) is 0.583. The molecule has 3 heteroatoms. The van der Waals surface area contributed by atoms with Crippen molar-refractivity contribution in [2.24, 2.45) is 23.7 Å². The predicted octanol–water partition coefficient (Wildman–Crippen LogP) is 9.40. The van der Waals surface area contributed by atoms with E-state index in [0.29, 0.717) is 17.9 Å². The van der Waals surface area contributed by atoms with Crippen LogP contribution in [0.2, 0.25) is 0 Å². The van der Waals surface area contributed by atoms with E-state index in [0.717, 1.165) is 36.3 Å². The molecule has 3 rings (SSSR count). The van der Waals surface area contributed by atoms with Gasteiger partial charge in [-0.25, -0.2) is 13.2 Å². The van der Waals surface area contributed by atoms with Crippen molar-refractivity contribution in [3.8, 4) is 0 Å². The van der Waals surface area contributed by atoms with Crippen LogP contribution in [0.5, 0.6) is 0 Å². The van der Waals surface area contributed by atoms with Crippen LogP contribution in [0.1, 0.15) is 115 Å². The zero-order valence-electron chi connectivity index (χ0n) is 19.6. The number of unbranched alkanes of at least 4 members (excludes halogenated alkanes) is 3. The lowest BCUT2D eigenvalue weighted by molar-refractivity contribution is 0.208. The maximum absolute atomic E-state index is 13.4. The van der Waals surface area contributed by atoms with Crippen LogP contribution >= 0.6 is 0 Å². The predicted molar refractivity (Wildman–Crippen MR) is 124 cm³/mol. The molecule has 31 heavy (non-hydrogen) atoms. The molecule has 0 atom stereocenters. The molecule has 0 bridgehead atoms. The largest absolute Gasteiger partial charge is 0.204 e. The van der Waals surface area contributed by atoms with Crippen molar-refractivity contribution >= 4 is 0 Å². The van der Waals surface area contributed by atoms with Crippen LogP contribution in [0.3, 0.4) is 0 Å². The third kappa shape index (κ3) is 8.13. The van der Waals surface area contributed by atoms with E-state index in [1.165, 1.54) is 96.3 Å². The van der Waals surface area contributed by atoms with Gasteiger partial charge in [0.1, 0.15) is 0 Å². The van der Waals surface area contributed by atoms with E-state index < -0.39 is 17.5 Å². The van der Waals surface area contributed by atoms with Gasteiger partial charge in [0.05, 0.1) is 0 Å². The molecule has 0 spiro atoms. The molecule has 0 saturated heterocycles. The third-order valence-corrected chi connectivity index (χ3v) is 8.27. The molecule has 176 valence electrons. The Morgan fingerprint density at radius 3 is 1.55 bits per heavy atom. The Kier molecular flexibility index (Phi) is 10.3. The first-order valence-corrected chi connectivity index (χ1v) is 13.2. The summed E-state index contributed by atoms with van der Waals surface area (Å²) in [5.74, 6) is 0.0111. The van der Waals surface area contributed by atoms with E-state index in [2.05, 4.69) is 6.92 Å². The lowest BCUT2D eigenvalue weighted by Gasteiger charge is -2.32. The lowest BCUT2D eigenvalue weighted by atomic mass is 9.74. The second-order valence-corrected chi connectivity index (χ2v) is 10.6. The van der Waals surface area contributed by atoms with Crippen molar-refractivity contribution < 1.29 is 13.2 Å². The molecule has 2 aliphatic rings. The molecule has 2 fully saturated rings. The van der Waals surface area contributed by atoms with Crippen molar-refractivity contribution in [3.63, 3.8) is 0 Å². The number of benzene rings is 1. The minimum atomic E-state index is -1.36. The van der Waals surface area contributed by atoms with E-state index >= 15 is 0 Å². The van der Waals surface area contributed by atoms with Gasteiger partial charge in [0.2, 0.25) is 0 Å². The van der Waals surface area contributed by atoms with Crippen molar-refractivity contribution in [2.75, 3.05) is 0 Å². The molecule has 0 radical (unpaired) electrons. The van der Waals surface area contributed by atoms with E-state index in [1.54, 1.807) is 0 Å². The SMILES string of the molecule is CCCCCC[C@H]1CC[C@H](CCC2CCC(CCc3cc(F)c(F)c(F)c3)CC2)CC1. The van der Waals surface area contributed by atoms with E-state index in [4.69, 9.17) is 0 Å². The van der Waals surface area contributed by atoms with E-state index in [9.17, 15) is 13.2 Å². The number of hydrogen-bond acceptors (Lipinski definition) is 0. The average molecular weight is 437 g/mol. The smallest absolute Gasteiger partial charge is 0.194 e. The highest BCUT2D eigenvalue weighted by atomic mass is 19.2. The second kappa shape index (κ2) is 12.9. The molecule has 0 nitrogen and oxygen atoms in total. The first-order valence-electron chi connectivity index (χ1n) is 13.2. The molecule has 2 saturated carbocycles. The fourth-order valence-corrected chi connectivity index (χ4v) is 6.07. The van der Waals surface area contributed by atoms with Crippen LogP contribution in [0.15, 0.2) is 12.1 Å². The van der Waals surface area contributed by atoms with Gasteiger partial charge in [-0.15, -0.1) is 0 Å². The molecule has 0 unspecified atom stereocenters. The Balaban J connectivity index is 1.26. The van der Waals surface area contributed by atoms with E-state index in [1.807, 2.05) is 0 Å². The van der Waals surface area contributed by atoms with Gasteiger partial charge in [-0.3, -0.25) is 0 Å². The summed E-state index contributed by atoms with van der Waals surface area (Å²) in [6.45, 7) is 2.29. The zero-order chi connectivity index (χ0) is 22.1. The zero-order valence-corrected chi connectivity index (χ0v) is 19.6. The fraction of sp³-hybridized carbons (Fsp3) is 0.786. The molecular weight excluding hydrogens is 393 g/mol. The Hall–Kier alpha value is -0.990. The highest BCUT2D eigenvalue weighted by molar-refractivity contribution is 5.19. The topological polar surface area (TPSA) is 0 Å². The highest BCUT2D eigenvalue weighted by Gasteiger charge is 2.25. The summed E-state index contributed by atoms with van der Waals surface area (Å²) in [6, 6.07) is 2.31. The maximum Gasteiger partial charge on any atom is 0.194 e. The highest BCUT2D eigenvalue weighted by Crippen LogP contribution is 2.38. The van der Waals surface area contributed by atoms with Gasteiger partial charge in [-0.1, -0.05) is 103 Å². The van der Waals surface area contributed by atoms with Crippen molar-refractivity contribution in [1.29, 1.82) is 0 Å². The Morgan fingerprint density at radius 2 is 1.06 bits per heavy atom. The number of hydrogen-bond donors (Lipinski definition) is 0. The number of rotatable bonds is 11. The van der Waals surface area contributed by atoms with Crippen molar-refractivity contribution in [1.82, 2.24) is 0 Å². The Morgan fingerprint density at radius 1 is 0.613 bits per heavy atom. The van der Waals surface area contributed by atoms with Gasteiger partial charge in [0.15, 0.2) is 17.5 Å². The summed E-state index contributed by atoms with van der Waals surface area (Å²) in [5, 5.41) is 0. The molecule has 0 heterocycles. The Bertz CT molecular complexity index is 617. The van der Waals surface area contributed by atoms with Gasteiger partial charge in [-0.05, 0) is 54.2 Å². The molecule has 1 aromatic rings. The van der Waals surface area contributed by atoms with Crippen LogP contribution in [-0.4, -0.2) is 0 Å².